The third-order valence-corrected chi connectivity index (χ3v) is 4.80. The van der Waals surface area contributed by atoms with E-state index < -0.39 is 6.55 Å². The maximum atomic E-state index is 12.6. The Morgan fingerprint density at radius 2 is 2.00 bits per heavy atom. The molecule has 8 nitrogen and oxygen atoms in total. The number of piperidine rings is 1. The zero-order valence-corrected chi connectivity index (χ0v) is 15.8. The minimum atomic E-state index is -2.74. The molecule has 0 saturated carbocycles. The van der Waals surface area contributed by atoms with Crippen molar-refractivity contribution in [2.24, 2.45) is 0 Å². The molecule has 0 N–H and O–H groups in total. The van der Waals surface area contributed by atoms with Crippen LogP contribution in [0.3, 0.4) is 0 Å². The van der Waals surface area contributed by atoms with Gasteiger partial charge in [0.15, 0.2) is 5.69 Å². The first-order chi connectivity index (χ1) is 12.9. The van der Waals surface area contributed by atoms with E-state index in [2.05, 4.69) is 31.7 Å². The van der Waals surface area contributed by atoms with Gasteiger partial charge in [0.2, 0.25) is 0 Å². The SMILES string of the molecule is CCn1c(CN(C)C)nnc1C1CCN(C(=O)c2ccn(C(F)F)n2)CC1. The molecule has 3 rings (SSSR count). The van der Waals surface area contributed by atoms with Crippen molar-refractivity contribution in [3.8, 4) is 0 Å². The maximum Gasteiger partial charge on any atom is 0.333 e. The quantitative estimate of drug-likeness (QED) is 0.765. The normalized spacial score (nSPS) is 15.9. The minimum absolute atomic E-state index is 0.0544. The third kappa shape index (κ3) is 4.15. The summed E-state index contributed by atoms with van der Waals surface area (Å²) in [6.07, 6.45) is 2.66. The molecular weight excluding hydrogens is 356 g/mol. The van der Waals surface area contributed by atoms with Crippen LogP contribution < -0.4 is 0 Å². The van der Waals surface area contributed by atoms with Gasteiger partial charge in [0, 0.05) is 31.7 Å². The van der Waals surface area contributed by atoms with Gasteiger partial charge >= 0.3 is 6.55 Å². The summed E-state index contributed by atoms with van der Waals surface area (Å²) >= 11 is 0. The molecule has 0 atom stereocenters. The van der Waals surface area contributed by atoms with Crippen LogP contribution in [0.5, 0.6) is 0 Å². The van der Waals surface area contributed by atoms with Crippen LogP contribution >= 0.6 is 0 Å². The highest BCUT2D eigenvalue weighted by Crippen LogP contribution is 2.28. The number of carbonyl (C=O) groups excluding carboxylic acids is 1. The van der Waals surface area contributed by atoms with Gasteiger partial charge in [0.25, 0.3) is 5.91 Å². The summed E-state index contributed by atoms with van der Waals surface area (Å²) in [7, 11) is 3.99. The van der Waals surface area contributed by atoms with Crippen LogP contribution in [-0.2, 0) is 13.1 Å². The lowest BCUT2D eigenvalue weighted by Gasteiger charge is -2.31. The molecule has 10 heteroatoms. The van der Waals surface area contributed by atoms with Gasteiger partial charge in [0.05, 0.1) is 6.54 Å². The first kappa shape index (κ1) is 19.4. The molecule has 1 aliphatic rings. The van der Waals surface area contributed by atoms with Crippen LogP contribution in [0.4, 0.5) is 8.78 Å². The molecule has 2 aromatic rings. The van der Waals surface area contributed by atoms with Crippen molar-refractivity contribution in [1.29, 1.82) is 0 Å². The standard InChI is InChI=1S/C17H25F2N7O/c1-4-25-14(11-23(2)3)20-21-15(25)12-5-8-24(9-6-12)16(27)13-7-10-26(22-13)17(18)19/h7,10,12,17H,4-6,8-9,11H2,1-3H3. The maximum absolute atomic E-state index is 12.6. The summed E-state index contributed by atoms with van der Waals surface area (Å²) in [6, 6.07) is 1.34. The van der Waals surface area contributed by atoms with Gasteiger partial charge in [-0.15, -0.1) is 10.2 Å². The Bertz CT molecular complexity index is 778. The van der Waals surface area contributed by atoms with Crippen LogP contribution in [0.2, 0.25) is 0 Å². The van der Waals surface area contributed by atoms with Gasteiger partial charge in [-0.3, -0.25) is 4.79 Å². The lowest BCUT2D eigenvalue weighted by atomic mass is 9.95. The predicted octanol–water partition coefficient (Wildman–Crippen LogP) is 1.97. The zero-order chi connectivity index (χ0) is 19.6. The fraction of sp³-hybridized carbons (Fsp3) is 0.647. The lowest BCUT2D eigenvalue weighted by Crippen LogP contribution is -2.38. The Labute approximate surface area is 156 Å². The monoisotopic (exact) mass is 381 g/mol. The van der Waals surface area contributed by atoms with Gasteiger partial charge in [0.1, 0.15) is 11.6 Å². The second-order valence-corrected chi connectivity index (χ2v) is 6.98. The largest absolute Gasteiger partial charge is 0.337 e. The number of hydrogen-bond donors (Lipinski definition) is 0. The molecule has 3 heterocycles. The Hall–Kier alpha value is -2.36. The first-order valence-corrected chi connectivity index (χ1v) is 9.10. The fourth-order valence-corrected chi connectivity index (χ4v) is 3.46. The van der Waals surface area contributed by atoms with Crippen molar-refractivity contribution in [1.82, 2.24) is 34.3 Å². The molecule has 0 bridgehead atoms. The summed E-state index contributed by atoms with van der Waals surface area (Å²) in [4.78, 5) is 16.2. The van der Waals surface area contributed by atoms with E-state index in [0.717, 1.165) is 43.8 Å². The van der Waals surface area contributed by atoms with Crippen molar-refractivity contribution in [2.75, 3.05) is 27.2 Å². The van der Waals surface area contributed by atoms with Crippen LogP contribution in [0.25, 0.3) is 0 Å². The number of hydrogen-bond acceptors (Lipinski definition) is 5. The topological polar surface area (TPSA) is 72.1 Å². The van der Waals surface area contributed by atoms with E-state index in [9.17, 15) is 13.6 Å². The molecule has 1 amide bonds. The second-order valence-electron chi connectivity index (χ2n) is 6.98. The van der Waals surface area contributed by atoms with E-state index in [-0.39, 0.29) is 17.5 Å². The number of carbonyl (C=O) groups is 1. The summed E-state index contributed by atoms with van der Waals surface area (Å²) in [5.74, 6) is 1.83. The molecule has 0 radical (unpaired) electrons. The third-order valence-electron chi connectivity index (χ3n) is 4.80. The summed E-state index contributed by atoms with van der Waals surface area (Å²) in [5, 5.41) is 12.4. The van der Waals surface area contributed by atoms with Gasteiger partial charge in [-0.25, -0.2) is 4.68 Å². The molecule has 0 aliphatic carbocycles. The van der Waals surface area contributed by atoms with Crippen LogP contribution in [0, 0.1) is 0 Å². The number of aromatic nitrogens is 5. The van der Waals surface area contributed by atoms with Crippen molar-refractivity contribution in [3.05, 3.63) is 29.6 Å². The Morgan fingerprint density at radius 3 is 2.56 bits per heavy atom. The Morgan fingerprint density at radius 1 is 1.30 bits per heavy atom. The van der Waals surface area contributed by atoms with E-state index in [1.54, 1.807) is 4.90 Å². The predicted molar refractivity (Wildman–Crippen MR) is 94.4 cm³/mol. The highest BCUT2D eigenvalue weighted by Gasteiger charge is 2.29. The van der Waals surface area contributed by atoms with Crippen LogP contribution in [0.15, 0.2) is 12.3 Å². The summed E-state index contributed by atoms with van der Waals surface area (Å²) in [6.45, 7) is 1.95. The molecule has 0 unspecified atom stereocenters. The van der Waals surface area contributed by atoms with E-state index in [0.29, 0.717) is 17.8 Å². The number of likely N-dealkylation sites (tertiary alicyclic amines) is 1. The van der Waals surface area contributed by atoms with Gasteiger partial charge in [-0.1, -0.05) is 0 Å². The molecule has 1 saturated heterocycles. The van der Waals surface area contributed by atoms with E-state index in [1.807, 2.05) is 14.1 Å². The molecule has 1 aliphatic heterocycles. The van der Waals surface area contributed by atoms with Gasteiger partial charge in [-0.05, 0) is 39.9 Å². The Kier molecular flexibility index (Phi) is 5.83. The van der Waals surface area contributed by atoms with Crippen molar-refractivity contribution < 1.29 is 13.6 Å². The molecule has 1 fully saturated rings. The minimum Gasteiger partial charge on any atom is -0.337 e. The molecule has 0 aromatic carbocycles. The molecule has 2 aromatic heterocycles. The van der Waals surface area contributed by atoms with E-state index >= 15 is 0 Å². The molecule has 0 spiro atoms. The van der Waals surface area contributed by atoms with Crippen LogP contribution in [0.1, 0.15) is 54.4 Å². The number of alkyl halides is 2. The average molecular weight is 381 g/mol. The summed E-state index contributed by atoms with van der Waals surface area (Å²) in [5.41, 5.74) is 0.0544. The molecular formula is C17H25F2N7O. The number of rotatable bonds is 6. The summed E-state index contributed by atoms with van der Waals surface area (Å²) < 4.78 is 27.9. The van der Waals surface area contributed by atoms with Crippen molar-refractivity contribution >= 4 is 5.91 Å². The van der Waals surface area contributed by atoms with Gasteiger partial charge < -0.3 is 14.4 Å². The van der Waals surface area contributed by atoms with Crippen molar-refractivity contribution in [3.63, 3.8) is 0 Å². The average Bonchev–Trinajstić information content (AvgIpc) is 3.28. The smallest absolute Gasteiger partial charge is 0.333 e. The zero-order valence-electron chi connectivity index (χ0n) is 15.8. The number of halogens is 2. The lowest BCUT2D eigenvalue weighted by molar-refractivity contribution is 0.0547. The van der Waals surface area contributed by atoms with Gasteiger partial charge in [-0.2, -0.15) is 13.9 Å². The van der Waals surface area contributed by atoms with Crippen LogP contribution in [-0.4, -0.2) is 67.4 Å². The highest BCUT2D eigenvalue weighted by molar-refractivity contribution is 5.92. The van der Waals surface area contributed by atoms with E-state index in [1.165, 1.54) is 6.07 Å². The molecule has 27 heavy (non-hydrogen) atoms. The first-order valence-electron chi connectivity index (χ1n) is 9.10. The molecule has 148 valence electrons. The number of amides is 1. The van der Waals surface area contributed by atoms with E-state index in [4.69, 9.17) is 0 Å². The Balaban J connectivity index is 1.65. The van der Waals surface area contributed by atoms with Crippen molar-refractivity contribution in [2.45, 2.75) is 45.3 Å². The number of nitrogens with zero attached hydrogens (tertiary/aromatic N) is 7. The highest BCUT2D eigenvalue weighted by atomic mass is 19.3. The fourth-order valence-electron chi connectivity index (χ4n) is 3.46. The second kappa shape index (κ2) is 8.12.